The van der Waals surface area contributed by atoms with Crippen molar-refractivity contribution in [3.63, 3.8) is 0 Å². The largest absolute Gasteiger partial charge is 0.342 e. The van der Waals surface area contributed by atoms with Crippen LogP contribution in [0.25, 0.3) is 11.1 Å². The van der Waals surface area contributed by atoms with Gasteiger partial charge in [-0.25, -0.2) is 0 Å². The van der Waals surface area contributed by atoms with Crippen LogP contribution in [0.4, 0.5) is 0 Å². The molecule has 0 saturated carbocycles. The molecule has 2 amide bonds. The van der Waals surface area contributed by atoms with E-state index in [1.54, 1.807) is 0 Å². The Labute approximate surface area is 214 Å². The first kappa shape index (κ1) is 24.3. The predicted octanol–water partition coefficient (Wildman–Crippen LogP) is 4.67. The molecule has 2 fully saturated rings. The van der Waals surface area contributed by atoms with Crippen LogP contribution < -0.4 is 5.32 Å². The average molecular weight is 482 g/mol. The third kappa shape index (κ3) is 4.93. The second kappa shape index (κ2) is 10.7. The maximum absolute atomic E-state index is 13.6. The van der Waals surface area contributed by atoms with Crippen molar-refractivity contribution in [1.82, 2.24) is 15.1 Å². The summed E-state index contributed by atoms with van der Waals surface area (Å²) in [7, 11) is 0. The molecule has 2 aliphatic heterocycles. The molecule has 1 spiro atoms. The first-order chi connectivity index (χ1) is 17.6. The van der Waals surface area contributed by atoms with E-state index in [9.17, 15) is 9.59 Å². The number of amides is 2. The molecule has 0 aliphatic carbocycles. The fourth-order valence-corrected chi connectivity index (χ4v) is 5.68. The molecule has 1 N–H and O–H groups in total. The number of carbonyl (C=O) groups is 2. The molecule has 5 heteroatoms. The first-order valence-electron chi connectivity index (χ1n) is 13.1. The number of hydrogen-bond acceptors (Lipinski definition) is 3. The van der Waals surface area contributed by atoms with Crippen molar-refractivity contribution in [2.45, 2.75) is 50.7 Å². The van der Waals surface area contributed by atoms with E-state index in [1.807, 2.05) is 41.3 Å². The van der Waals surface area contributed by atoms with Crippen molar-refractivity contribution in [3.8, 4) is 11.1 Å². The average Bonchev–Trinajstić information content (AvgIpc) is 2.92. The minimum Gasteiger partial charge on any atom is -0.342 e. The molecule has 1 unspecified atom stereocenters. The Balaban J connectivity index is 1.24. The fraction of sp³-hybridized carbons (Fsp3) is 0.355. The van der Waals surface area contributed by atoms with Crippen molar-refractivity contribution in [2.24, 2.45) is 0 Å². The summed E-state index contributed by atoms with van der Waals surface area (Å²) in [6.07, 6.45) is 2.72. The van der Waals surface area contributed by atoms with Gasteiger partial charge in [-0.3, -0.25) is 14.5 Å². The van der Waals surface area contributed by atoms with Crippen LogP contribution in [0.2, 0.25) is 0 Å². The van der Waals surface area contributed by atoms with E-state index in [-0.39, 0.29) is 11.8 Å². The minimum atomic E-state index is -0.728. The van der Waals surface area contributed by atoms with Gasteiger partial charge in [0.15, 0.2) is 0 Å². The zero-order valence-electron chi connectivity index (χ0n) is 21.0. The molecule has 5 rings (SSSR count). The number of hydrogen-bond donors (Lipinski definition) is 1. The lowest BCUT2D eigenvalue weighted by Crippen LogP contribution is -2.73. The number of carbonyl (C=O) groups excluding carboxylic acids is 2. The van der Waals surface area contributed by atoms with Crippen molar-refractivity contribution >= 4 is 11.8 Å². The highest BCUT2D eigenvalue weighted by molar-refractivity contribution is 6.00. The molecular weight excluding hydrogens is 446 g/mol. The van der Waals surface area contributed by atoms with Gasteiger partial charge in [0.2, 0.25) is 11.8 Å². The van der Waals surface area contributed by atoms with Crippen molar-refractivity contribution < 1.29 is 9.59 Å². The lowest BCUT2D eigenvalue weighted by molar-refractivity contribution is -0.161. The maximum atomic E-state index is 13.6. The molecule has 2 aliphatic rings. The monoisotopic (exact) mass is 481 g/mol. The number of benzene rings is 3. The predicted molar refractivity (Wildman–Crippen MR) is 143 cm³/mol. The number of likely N-dealkylation sites (tertiary alicyclic amines) is 1. The molecule has 3 aromatic carbocycles. The van der Waals surface area contributed by atoms with E-state index in [0.717, 1.165) is 31.6 Å². The SMILES string of the molecule is CCCN1C(=O)C(Cc2ccccc2)NC(=O)C12CCN(Cc1ccc(-c3ccccc3)cc1)CC2. The molecule has 0 radical (unpaired) electrons. The van der Waals surface area contributed by atoms with Gasteiger partial charge in [-0.05, 0) is 41.5 Å². The van der Waals surface area contributed by atoms with Crippen LogP contribution in [-0.4, -0.2) is 52.8 Å². The molecule has 1 atom stereocenters. The van der Waals surface area contributed by atoms with E-state index in [0.29, 0.717) is 25.8 Å². The van der Waals surface area contributed by atoms with Crippen molar-refractivity contribution in [2.75, 3.05) is 19.6 Å². The summed E-state index contributed by atoms with van der Waals surface area (Å²) in [5, 5.41) is 3.10. The Morgan fingerprint density at radius 2 is 1.42 bits per heavy atom. The molecular formula is C31H35N3O2. The van der Waals surface area contributed by atoms with Crippen molar-refractivity contribution in [3.05, 3.63) is 96.1 Å². The van der Waals surface area contributed by atoms with Gasteiger partial charge in [0.05, 0.1) is 0 Å². The summed E-state index contributed by atoms with van der Waals surface area (Å²) in [5.74, 6) is 0.0774. The minimum absolute atomic E-state index is 0.0170. The van der Waals surface area contributed by atoms with E-state index >= 15 is 0 Å². The summed E-state index contributed by atoms with van der Waals surface area (Å²) in [6.45, 7) is 5.15. The van der Waals surface area contributed by atoms with Crippen molar-refractivity contribution in [1.29, 1.82) is 0 Å². The smallest absolute Gasteiger partial charge is 0.246 e. The molecule has 3 aromatic rings. The zero-order chi connectivity index (χ0) is 25.0. The summed E-state index contributed by atoms with van der Waals surface area (Å²) in [6, 6.07) is 28.6. The van der Waals surface area contributed by atoms with Crippen LogP contribution in [0.1, 0.15) is 37.3 Å². The lowest BCUT2D eigenvalue weighted by Gasteiger charge is -2.51. The molecule has 0 bridgehead atoms. The third-order valence-electron chi connectivity index (χ3n) is 7.69. The Bertz CT molecular complexity index is 1170. The molecule has 186 valence electrons. The van der Waals surface area contributed by atoms with Gasteiger partial charge in [-0.15, -0.1) is 0 Å². The van der Waals surface area contributed by atoms with Crippen LogP contribution in [0, 0.1) is 0 Å². The molecule has 5 nitrogen and oxygen atoms in total. The molecule has 2 saturated heterocycles. The van der Waals surface area contributed by atoms with E-state index in [1.165, 1.54) is 16.7 Å². The second-order valence-corrected chi connectivity index (χ2v) is 10.1. The van der Waals surface area contributed by atoms with Crippen LogP contribution in [0.3, 0.4) is 0 Å². The van der Waals surface area contributed by atoms with E-state index in [4.69, 9.17) is 0 Å². The van der Waals surface area contributed by atoms with Gasteiger partial charge in [0.25, 0.3) is 0 Å². The van der Waals surface area contributed by atoms with Gasteiger partial charge in [-0.2, -0.15) is 0 Å². The zero-order valence-corrected chi connectivity index (χ0v) is 21.0. The highest BCUT2D eigenvalue weighted by atomic mass is 16.2. The quantitative estimate of drug-likeness (QED) is 0.534. The third-order valence-corrected chi connectivity index (χ3v) is 7.69. The van der Waals surface area contributed by atoms with Gasteiger partial charge in [0.1, 0.15) is 11.6 Å². The van der Waals surface area contributed by atoms with Crippen LogP contribution in [0.15, 0.2) is 84.9 Å². The summed E-state index contributed by atoms with van der Waals surface area (Å²) in [4.78, 5) is 31.4. The normalized spacial score (nSPS) is 19.9. The van der Waals surface area contributed by atoms with Crippen LogP contribution in [-0.2, 0) is 22.6 Å². The molecule has 0 aromatic heterocycles. The number of nitrogens with zero attached hydrogens (tertiary/aromatic N) is 2. The Morgan fingerprint density at radius 3 is 2.06 bits per heavy atom. The maximum Gasteiger partial charge on any atom is 0.246 e. The fourth-order valence-electron chi connectivity index (χ4n) is 5.68. The van der Waals surface area contributed by atoms with Gasteiger partial charge >= 0.3 is 0 Å². The Kier molecular flexibility index (Phi) is 7.19. The van der Waals surface area contributed by atoms with E-state index < -0.39 is 11.6 Å². The molecule has 2 heterocycles. The van der Waals surface area contributed by atoms with Crippen LogP contribution in [0.5, 0.6) is 0 Å². The lowest BCUT2D eigenvalue weighted by atomic mass is 9.81. The summed E-state index contributed by atoms with van der Waals surface area (Å²) in [5.41, 5.74) is 4.04. The van der Waals surface area contributed by atoms with Gasteiger partial charge in [-0.1, -0.05) is 91.9 Å². The number of piperidine rings is 1. The summed E-state index contributed by atoms with van der Waals surface area (Å²) < 4.78 is 0. The van der Waals surface area contributed by atoms with Gasteiger partial charge < -0.3 is 10.2 Å². The Morgan fingerprint density at radius 1 is 0.806 bits per heavy atom. The summed E-state index contributed by atoms with van der Waals surface area (Å²) >= 11 is 0. The number of rotatable bonds is 7. The highest BCUT2D eigenvalue weighted by Crippen LogP contribution is 2.34. The van der Waals surface area contributed by atoms with E-state index in [2.05, 4.69) is 65.7 Å². The molecule has 36 heavy (non-hydrogen) atoms. The van der Waals surface area contributed by atoms with Gasteiger partial charge in [0, 0.05) is 32.6 Å². The number of piperazine rings is 1. The second-order valence-electron chi connectivity index (χ2n) is 10.1. The Hall–Kier alpha value is -3.44. The number of nitrogens with one attached hydrogen (secondary N) is 1. The van der Waals surface area contributed by atoms with Crippen LogP contribution >= 0.6 is 0 Å². The topological polar surface area (TPSA) is 52.7 Å². The standard InChI is InChI=1S/C31H35N3O2/c1-2-19-34-29(35)28(22-24-9-5-3-6-10-24)32-30(36)31(34)17-20-33(21-18-31)23-25-13-15-27(16-14-25)26-11-7-4-8-12-26/h3-16,28H,2,17-23H2,1H3,(H,32,36). The highest BCUT2D eigenvalue weighted by Gasteiger charge is 2.53. The first-order valence-corrected chi connectivity index (χ1v) is 13.1.